The van der Waals surface area contributed by atoms with E-state index in [0.717, 1.165) is 0 Å². The van der Waals surface area contributed by atoms with Gasteiger partial charge in [-0.1, -0.05) is 27.7 Å². The maximum absolute atomic E-state index is 13.0. The zero-order chi connectivity index (χ0) is 16.6. The van der Waals surface area contributed by atoms with E-state index in [1.165, 1.54) is 27.7 Å². The van der Waals surface area contributed by atoms with Crippen LogP contribution in [0.25, 0.3) is 0 Å². The Kier molecular flexibility index (Phi) is 5.13. The van der Waals surface area contributed by atoms with Crippen LogP contribution in [0.1, 0.15) is 34.1 Å². The monoisotopic (exact) mass is 312 g/mol. The highest BCUT2D eigenvalue weighted by atomic mass is 19.4. The number of halogens is 7. The first kappa shape index (κ1) is 19.0. The molecular formula is C11H15F7O2. The Labute approximate surface area is 111 Å². The highest BCUT2D eigenvalue weighted by Crippen LogP contribution is 2.47. The first-order valence-corrected chi connectivity index (χ1v) is 5.62. The summed E-state index contributed by atoms with van der Waals surface area (Å²) in [6, 6.07) is 0. The van der Waals surface area contributed by atoms with E-state index in [0.29, 0.717) is 0 Å². The fraction of sp³-hybridized carbons (Fsp3) is 0.909. The second-order valence-corrected chi connectivity index (χ2v) is 5.31. The Morgan fingerprint density at radius 3 is 1.65 bits per heavy atom. The standard InChI is InChI=1S/C11H15F7O2/c1-5-6(8(2,3)4)20-7(19)9(12,13)10(14,15)11(16,17)18/h6H,5H2,1-4H3. The van der Waals surface area contributed by atoms with Gasteiger partial charge in [0.25, 0.3) is 0 Å². The molecule has 0 aromatic heterocycles. The van der Waals surface area contributed by atoms with Crippen LogP contribution in [0.4, 0.5) is 30.7 Å². The third-order valence-electron chi connectivity index (χ3n) is 2.59. The second-order valence-electron chi connectivity index (χ2n) is 5.31. The van der Waals surface area contributed by atoms with E-state index in [2.05, 4.69) is 4.74 Å². The van der Waals surface area contributed by atoms with Crippen LogP contribution in [0, 0.1) is 5.41 Å². The minimum atomic E-state index is -6.56. The average molecular weight is 312 g/mol. The van der Waals surface area contributed by atoms with E-state index in [9.17, 15) is 35.5 Å². The Balaban J connectivity index is 5.29. The maximum atomic E-state index is 13.0. The Hall–Kier alpha value is -1.02. The SMILES string of the molecule is CCC(OC(=O)C(F)(F)C(F)(F)C(F)(F)F)C(C)(C)C. The number of carbonyl (C=O) groups excluding carboxylic acids is 1. The number of hydrogen-bond donors (Lipinski definition) is 0. The van der Waals surface area contributed by atoms with Gasteiger partial charge in [0.15, 0.2) is 0 Å². The van der Waals surface area contributed by atoms with Crippen molar-refractivity contribution in [3.63, 3.8) is 0 Å². The lowest BCUT2D eigenvalue weighted by Crippen LogP contribution is -2.57. The van der Waals surface area contributed by atoms with Crippen LogP contribution in [0.15, 0.2) is 0 Å². The van der Waals surface area contributed by atoms with Crippen LogP contribution >= 0.6 is 0 Å². The van der Waals surface area contributed by atoms with Crippen molar-refractivity contribution in [1.29, 1.82) is 0 Å². The smallest absolute Gasteiger partial charge is 0.457 e. The van der Waals surface area contributed by atoms with Crippen molar-refractivity contribution in [1.82, 2.24) is 0 Å². The highest BCUT2D eigenvalue weighted by molar-refractivity contribution is 5.79. The van der Waals surface area contributed by atoms with Crippen LogP contribution in [0.2, 0.25) is 0 Å². The van der Waals surface area contributed by atoms with Gasteiger partial charge in [0, 0.05) is 0 Å². The molecule has 120 valence electrons. The summed E-state index contributed by atoms with van der Waals surface area (Å²) >= 11 is 0. The molecule has 0 bridgehead atoms. The molecule has 0 rings (SSSR count). The largest absolute Gasteiger partial charge is 0.460 e. The van der Waals surface area contributed by atoms with Gasteiger partial charge in [-0.05, 0) is 11.8 Å². The third-order valence-corrected chi connectivity index (χ3v) is 2.59. The van der Waals surface area contributed by atoms with Crippen molar-refractivity contribution < 1.29 is 40.3 Å². The van der Waals surface area contributed by atoms with E-state index in [4.69, 9.17) is 0 Å². The first-order chi connectivity index (χ1) is 8.59. The Morgan fingerprint density at radius 2 is 1.40 bits per heavy atom. The summed E-state index contributed by atoms with van der Waals surface area (Å²) in [6.45, 7) is 5.82. The van der Waals surface area contributed by atoms with Crippen LogP contribution in [0.5, 0.6) is 0 Å². The molecule has 0 aliphatic carbocycles. The van der Waals surface area contributed by atoms with Crippen molar-refractivity contribution in [3.8, 4) is 0 Å². The van der Waals surface area contributed by atoms with Gasteiger partial charge in [0.1, 0.15) is 6.10 Å². The minimum absolute atomic E-state index is 0.0110. The fourth-order valence-electron chi connectivity index (χ4n) is 1.38. The number of carbonyl (C=O) groups is 1. The second kappa shape index (κ2) is 5.40. The van der Waals surface area contributed by atoms with E-state index in [1.807, 2.05) is 0 Å². The zero-order valence-electron chi connectivity index (χ0n) is 11.2. The third kappa shape index (κ3) is 3.54. The van der Waals surface area contributed by atoms with Gasteiger partial charge in [-0.25, -0.2) is 4.79 Å². The number of ether oxygens (including phenoxy) is 1. The summed E-state index contributed by atoms with van der Waals surface area (Å²) in [6.07, 6.45) is -7.79. The van der Waals surface area contributed by atoms with Crippen molar-refractivity contribution in [2.24, 2.45) is 5.41 Å². The van der Waals surface area contributed by atoms with Crippen molar-refractivity contribution in [2.75, 3.05) is 0 Å². The number of esters is 1. The van der Waals surface area contributed by atoms with Gasteiger partial charge < -0.3 is 4.74 Å². The fourth-order valence-corrected chi connectivity index (χ4v) is 1.38. The summed E-state index contributed by atoms with van der Waals surface area (Å²) in [5, 5.41) is 0. The molecule has 0 N–H and O–H groups in total. The molecule has 0 heterocycles. The topological polar surface area (TPSA) is 26.3 Å². The molecule has 0 saturated heterocycles. The van der Waals surface area contributed by atoms with Crippen molar-refractivity contribution >= 4 is 5.97 Å². The molecule has 0 aromatic rings. The van der Waals surface area contributed by atoms with Gasteiger partial charge in [-0.15, -0.1) is 0 Å². The summed E-state index contributed by atoms with van der Waals surface area (Å²) in [5.41, 5.74) is -0.881. The molecule has 0 aromatic carbocycles. The maximum Gasteiger partial charge on any atom is 0.460 e. The van der Waals surface area contributed by atoms with Crippen LogP contribution < -0.4 is 0 Å². The Morgan fingerprint density at radius 1 is 1.00 bits per heavy atom. The minimum Gasteiger partial charge on any atom is -0.457 e. The van der Waals surface area contributed by atoms with Crippen LogP contribution in [-0.4, -0.2) is 30.1 Å². The predicted octanol–water partition coefficient (Wildman–Crippen LogP) is 4.19. The zero-order valence-corrected chi connectivity index (χ0v) is 11.2. The molecule has 1 unspecified atom stereocenters. The van der Waals surface area contributed by atoms with Gasteiger partial charge in [-0.3, -0.25) is 0 Å². The van der Waals surface area contributed by atoms with E-state index < -0.39 is 35.5 Å². The molecule has 0 amide bonds. The van der Waals surface area contributed by atoms with E-state index in [-0.39, 0.29) is 6.42 Å². The molecule has 0 aliphatic rings. The summed E-state index contributed by atoms with van der Waals surface area (Å²) in [7, 11) is 0. The van der Waals surface area contributed by atoms with Crippen LogP contribution in [-0.2, 0) is 9.53 Å². The summed E-state index contributed by atoms with van der Waals surface area (Å²) in [5.74, 6) is -15.4. The number of alkyl halides is 7. The molecule has 1 atom stereocenters. The molecular weight excluding hydrogens is 297 g/mol. The lowest BCUT2D eigenvalue weighted by Gasteiger charge is -2.32. The summed E-state index contributed by atoms with van der Waals surface area (Å²) < 4.78 is 91.2. The molecule has 0 spiro atoms. The van der Waals surface area contributed by atoms with Crippen molar-refractivity contribution in [2.45, 2.75) is 58.2 Å². The summed E-state index contributed by atoms with van der Waals surface area (Å²) in [4.78, 5) is 11.0. The van der Waals surface area contributed by atoms with Gasteiger partial charge in [-0.2, -0.15) is 30.7 Å². The van der Waals surface area contributed by atoms with E-state index >= 15 is 0 Å². The number of hydrogen-bond acceptors (Lipinski definition) is 2. The normalized spacial score (nSPS) is 15.9. The molecule has 2 nitrogen and oxygen atoms in total. The predicted molar refractivity (Wildman–Crippen MR) is 55.6 cm³/mol. The average Bonchev–Trinajstić information content (AvgIpc) is 2.21. The first-order valence-electron chi connectivity index (χ1n) is 5.62. The molecule has 0 radical (unpaired) electrons. The lowest BCUT2D eigenvalue weighted by atomic mass is 9.87. The lowest BCUT2D eigenvalue weighted by molar-refractivity contribution is -0.349. The molecule has 0 fully saturated rings. The van der Waals surface area contributed by atoms with Gasteiger partial charge in [0.05, 0.1) is 0 Å². The molecule has 9 heteroatoms. The highest BCUT2D eigenvalue weighted by Gasteiger charge is 2.77. The van der Waals surface area contributed by atoms with Crippen molar-refractivity contribution in [3.05, 3.63) is 0 Å². The molecule has 20 heavy (non-hydrogen) atoms. The number of rotatable bonds is 4. The Bertz CT molecular complexity index is 355. The van der Waals surface area contributed by atoms with Gasteiger partial charge in [0.2, 0.25) is 0 Å². The van der Waals surface area contributed by atoms with Gasteiger partial charge >= 0.3 is 24.0 Å². The molecule has 0 saturated carbocycles. The quantitative estimate of drug-likeness (QED) is 0.575. The van der Waals surface area contributed by atoms with Crippen LogP contribution in [0.3, 0.4) is 0 Å². The van der Waals surface area contributed by atoms with E-state index in [1.54, 1.807) is 0 Å². The molecule has 0 aliphatic heterocycles.